The van der Waals surface area contributed by atoms with Crippen LogP contribution in [0.25, 0.3) is 0 Å². The second-order valence-electron chi connectivity index (χ2n) is 4.42. The summed E-state index contributed by atoms with van der Waals surface area (Å²) in [5.41, 5.74) is -2.80. The van der Waals surface area contributed by atoms with E-state index in [1.807, 2.05) is 0 Å². The number of carbonyl (C=O) groups is 1. The van der Waals surface area contributed by atoms with E-state index in [9.17, 15) is 15.0 Å². The Morgan fingerprint density at radius 2 is 1.88 bits per heavy atom. The second-order valence-corrected chi connectivity index (χ2v) is 4.42. The fourth-order valence-corrected chi connectivity index (χ4v) is 1.06. The molecule has 2 unspecified atom stereocenters. The molecule has 16 heavy (non-hydrogen) atoms. The molecule has 0 radical (unpaired) electrons. The van der Waals surface area contributed by atoms with Crippen LogP contribution in [0.1, 0.15) is 20.3 Å². The molecule has 0 aliphatic rings. The maximum Gasteiger partial charge on any atom is 0.336 e. The first kappa shape index (κ1) is 15.3. The third kappa shape index (κ3) is 6.02. The third-order valence-corrected chi connectivity index (χ3v) is 2.28. The van der Waals surface area contributed by atoms with Crippen molar-refractivity contribution in [3.05, 3.63) is 0 Å². The topological polar surface area (TPSA) is 99.0 Å². The van der Waals surface area contributed by atoms with Crippen molar-refractivity contribution in [1.29, 1.82) is 0 Å². The van der Waals surface area contributed by atoms with Gasteiger partial charge in [0.05, 0.1) is 5.60 Å². The maximum atomic E-state index is 10.6. The van der Waals surface area contributed by atoms with E-state index in [4.69, 9.17) is 9.84 Å². The molecule has 0 aliphatic carbocycles. The molecule has 0 bridgehead atoms. The largest absolute Gasteiger partial charge is 0.479 e. The lowest BCUT2D eigenvalue weighted by atomic mass is 10.0. The molecule has 0 rings (SSSR count). The van der Waals surface area contributed by atoms with Crippen LogP contribution in [-0.4, -0.2) is 59.3 Å². The lowest BCUT2D eigenvalue weighted by Gasteiger charge is -2.25. The molecule has 0 amide bonds. The number of aliphatic carboxylic acids is 1. The molecule has 0 aromatic heterocycles. The van der Waals surface area contributed by atoms with Gasteiger partial charge in [0, 0.05) is 33.2 Å². The van der Waals surface area contributed by atoms with E-state index in [1.54, 1.807) is 14.0 Å². The van der Waals surface area contributed by atoms with Gasteiger partial charge in [0.25, 0.3) is 0 Å². The monoisotopic (exact) mass is 235 g/mol. The number of carboxylic acids is 1. The molecular formula is C10H21NO5. The summed E-state index contributed by atoms with van der Waals surface area (Å²) in [5, 5.41) is 30.6. The van der Waals surface area contributed by atoms with Crippen LogP contribution in [0.2, 0.25) is 0 Å². The smallest absolute Gasteiger partial charge is 0.336 e. The van der Waals surface area contributed by atoms with Gasteiger partial charge < -0.3 is 25.4 Å². The molecule has 2 atom stereocenters. The zero-order valence-corrected chi connectivity index (χ0v) is 9.99. The summed E-state index contributed by atoms with van der Waals surface area (Å²) in [7, 11) is 1.54. The number of ether oxygens (including phenoxy) is 1. The zero-order valence-electron chi connectivity index (χ0n) is 9.99. The lowest BCUT2D eigenvalue weighted by Crippen LogP contribution is -2.49. The molecule has 0 saturated heterocycles. The summed E-state index contributed by atoms with van der Waals surface area (Å²) in [4.78, 5) is 10.6. The molecule has 0 aromatic rings. The highest BCUT2D eigenvalue weighted by Gasteiger charge is 2.30. The van der Waals surface area contributed by atoms with Crippen molar-refractivity contribution in [2.45, 2.75) is 31.5 Å². The number of rotatable bonds is 8. The van der Waals surface area contributed by atoms with Crippen LogP contribution < -0.4 is 5.32 Å². The quantitative estimate of drug-likeness (QED) is 0.439. The highest BCUT2D eigenvalue weighted by molar-refractivity contribution is 5.76. The van der Waals surface area contributed by atoms with Crippen molar-refractivity contribution in [2.24, 2.45) is 0 Å². The van der Waals surface area contributed by atoms with E-state index < -0.39 is 17.2 Å². The van der Waals surface area contributed by atoms with Gasteiger partial charge in [-0.2, -0.15) is 0 Å². The Hall–Kier alpha value is -0.690. The van der Waals surface area contributed by atoms with Crippen molar-refractivity contribution in [2.75, 3.05) is 26.8 Å². The number of hydrogen-bond donors (Lipinski definition) is 4. The average Bonchev–Trinajstić information content (AvgIpc) is 2.14. The van der Waals surface area contributed by atoms with Crippen molar-refractivity contribution in [1.82, 2.24) is 5.32 Å². The molecule has 0 aromatic carbocycles. The van der Waals surface area contributed by atoms with Gasteiger partial charge in [0.1, 0.15) is 0 Å². The minimum Gasteiger partial charge on any atom is -0.479 e. The van der Waals surface area contributed by atoms with Crippen molar-refractivity contribution < 1.29 is 24.9 Å². The van der Waals surface area contributed by atoms with E-state index in [1.165, 1.54) is 6.92 Å². The first-order chi connectivity index (χ1) is 7.21. The first-order valence-electron chi connectivity index (χ1n) is 5.09. The Morgan fingerprint density at radius 3 is 2.31 bits per heavy atom. The van der Waals surface area contributed by atoms with E-state index in [2.05, 4.69) is 5.32 Å². The van der Waals surface area contributed by atoms with E-state index >= 15 is 0 Å². The number of nitrogens with one attached hydrogen (secondary N) is 1. The molecule has 0 aliphatic heterocycles. The van der Waals surface area contributed by atoms with Crippen molar-refractivity contribution in [3.63, 3.8) is 0 Å². The van der Waals surface area contributed by atoms with Gasteiger partial charge in [-0.25, -0.2) is 4.79 Å². The zero-order chi connectivity index (χ0) is 12.8. The van der Waals surface area contributed by atoms with Crippen LogP contribution >= 0.6 is 0 Å². The Bertz CT molecular complexity index is 227. The number of carboxylic acid groups (broad SMARTS) is 1. The lowest BCUT2D eigenvalue weighted by molar-refractivity contribution is -0.156. The summed E-state index contributed by atoms with van der Waals surface area (Å²) in [6.45, 7) is 3.32. The van der Waals surface area contributed by atoms with Crippen LogP contribution in [0.15, 0.2) is 0 Å². The standard InChI is InChI=1S/C10H21NO5/c1-9(14,4-5-16-3)6-11-7-10(2,15)8(12)13/h11,14-15H,4-7H2,1-3H3,(H,12,13). The molecule has 0 fully saturated rings. The Balaban J connectivity index is 3.93. The van der Waals surface area contributed by atoms with E-state index in [0.29, 0.717) is 13.0 Å². The minimum atomic E-state index is -1.82. The van der Waals surface area contributed by atoms with Crippen LogP contribution in [0.5, 0.6) is 0 Å². The van der Waals surface area contributed by atoms with E-state index in [0.717, 1.165) is 0 Å². The van der Waals surface area contributed by atoms with Gasteiger partial charge in [-0.05, 0) is 13.8 Å². The third-order valence-electron chi connectivity index (χ3n) is 2.28. The number of hydrogen-bond acceptors (Lipinski definition) is 5. The van der Waals surface area contributed by atoms with Crippen LogP contribution in [-0.2, 0) is 9.53 Å². The molecule has 0 heterocycles. The molecule has 0 saturated carbocycles. The van der Waals surface area contributed by atoms with Gasteiger partial charge in [-0.1, -0.05) is 0 Å². The van der Waals surface area contributed by atoms with Crippen LogP contribution in [0.4, 0.5) is 0 Å². The maximum absolute atomic E-state index is 10.6. The van der Waals surface area contributed by atoms with Crippen molar-refractivity contribution >= 4 is 5.97 Å². The first-order valence-corrected chi connectivity index (χ1v) is 5.09. The molecule has 0 spiro atoms. The van der Waals surface area contributed by atoms with Crippen molar-refractivity contribution in [3.8, 4) is 0 Å². The normalized spacial score (nSPS) is 18.8. The van der Waals surface area contributed by atoms with Gasteiger partial charge in [-0.3, -0.25) is 0 Å². The minimum absolute atomic E-state index is 0.120. The van der Waals surface area contributed by atoms with Gasteiger partial charge >= 0.3 is 5.97 Å². The number of aliphatic hydroxyl groups is 2. The van der Waals surface area contributed by atoms with E-state index in [-0.39, 0.29) is 13.1 Å². The molecule has 4 N–H and O–H groups in total. The predicted octanol–water partition coefficient (Wildman–Crippen LogP) is -0.801. The Kier molecular flexibility index (Phi) is 5.88. The van der Waals surface area contributed by atoms with Gasteiger partial charge in [0.2, 0.25) is 0 Å². The summed E-state index contributed by atoms with van der Waals surface area (Å²) in [6.07, 6.45) is 0.436. The van der Waals surface area contributed by atoms with Crippen LogP contribution in [0, 0.1) is 0 Å². The fraction of sp³-hybridized carbons (Fsp3) is 0.900. The second kappa shape index (κ2) is 6.15. The fourth-order valence-electron chi connectivity index (χ4n) is 1.06. The highest BCUT2D eigenvalue weighted by atomic mass is 16.5. The summed E-state index contributed by atoms with van der Waals surface area (Å²) in [6, 6.07) is 0. The SMILES string of the molecule is COCCC(C)(O)CNCC(C)(O)C(=O)O. The summed E-state index contributed by atoms with van der Waals surface area (Å²) >= 11 is 0. The highest BCUT2D eigenvalue weighted by Crippen LogP contribution is 2.08. The molecule has 6 heteroatoms. The molecular weight excluding hydrogens is 214 g/mol. The van der Waals surface area contributed by atoms with Gasteiger partial charge in [0.15, 0.2) is 5.60 Å². The summed E-state index contributed by atoms with van der Waals surface area (Å²) in [5.74, 6) is -1.29. The van der Waals surface area contributed by atoms with Crippen LogP contribution in [0.3, 0.4) is 0 Å². The predicted molar refractivity (Wildman–Crippen MR) is 58.2 cm³/mol. The number of methoxy groups -OCH3 is 1. The average molecular weight is 235 g/mol. The Labute approximate surface area is 95.2 Å². The summed E-state index contributed by atoms with van der Waals surface area (Å²) < 4.78 is 4.83. The molecule has 6 nitrogen and oxygen atoms in total. The Morgan fingerprint density at radius 1 is 1.31 bits per heavy atom. The van der Waals surface area contributed by atoms with Gasteiger partial charge in [-0.15, -0.1) is 0 Å². The molecule has 96 valence electrons.